The molecule has 0 amide bonds. The monoisotopic (exact) mass is 949 g/mol. The van der Waals surface area contributed by atoms with Crippen LogP contribution in [-0.4, -0.2) is 115 Å². The van der Waals surface area contributed by atoms with Gasteiger partial charge in [-0.2, -0.15) is 0 Å². The van der Waals surface area contributed by atoms with E-state index in [9.17, 15) is 19.8 Å². The first-order chi connectivity index (χ1) is 31.4. The zero-order chi connectivity index (χ0) is 50.3. The first-order valence-electron chi connectivity index (χ1n) is 24.9. The third-order valence-corrected chi connectivity index (χ3v) is 11.6. The zero-order valence-electron chi connectivity index (χ0n) is 42.9. The molecule has 0 radical (unpaired) electrons. The second-order valence-electron chi connectivity index (χ2n) is 17.3. The zero-order valence-corrected chi connectivity index (χ0v) is 43.7. The van der Waals surface area contributed by atoms with E-state index in [1.54, 1.807) is 36.4 Å². The highest BCUT2D eigenvalue weighted by molar-refractivity contribution is 7.79. The van der Waals surface area contributed by atoms with Crippen molar-refractivity contribution in [2.24, 2.45) is 0 Å². The van der Waals surface area contributed by atoms with Gasteiger partial charge in [-0.05, 0) is 98.9 Å². The molecule has 12 nitrogen and oxygen atoms in total. The summed E-state index contributed by atoms with van der Waals surface area (Å²) in [5.74, 6) is -0.0832. The van der Waals surface area contributed by atoms with E-state index in [0.29, 0.717) is 22.6 Å². The largest absolute Gasteiger partial charge is 0.759 e. The van der Waals surface area contributed by atoms with Crippen molar-refractivity contribution in [3.63, 3.8) is 0 Å². The number of phenols is 2. The van der Waals surface area contributed by atoms with Gasteiger partial charge in [0, 0.05) is 10.4 Å². The van der Waals surface area contributed by atoms with Gasteiger partial charge in [-0.15, -0.1) is 0 Å². The van der Waals surface area contributed by atoms with E-state index in [0.717, 1.165) is 0 Å². The molecular formula is C53H92N2O10S. The molecule has 2 rings (SSSR count). The van der Waals surface area contributed by atoms with E-state index in [1.165, 1.54) is 203 Å². The van der Waals surface area contributed by atoms with E-state index < -0.39 is 10.4 Å². The van der Waals surface area contributed by atoms with Gasteiger partial charge in [-0.1, -0.05) is 131 Å². The average molecular weight is 949 g/mol. The number of phenolic OH excluding ortho intramolecular Hbond substituents is 2. The number of methoxy groups -OCH3 is 2. The van der Waals surface area contributed by atoms with Crippen LogP contribution < -0.4 is 9.47 Å². The van der Waals surface area contributed by atoms with Gasteiger partial charge >= 0.3 is 0 Å². The number of hydrogen-bond donors (Lipinski definition) is 2. The number of hydrogen-bond acceptors (Lipinski definition) is 10. The summed E-state index contributed by atoms with van der Waals surface area (Å²) < 4.78 is 46.9. The number of rotatable bonds is 32. The molecule has 0 fully saturated rings. The minimum Gasteiger partial charge on any atom is -0.759 e. The molecule has 0 aromatic heterocycles. The maximum atomic E-state index is 11.9. The van der Waals surface area contributed by atoms with Crippen molar-refractivity contribution in [1.82, 2.24) is 0 Å². The number of carbonyl (C=O) groups excluding carboxylic acids is 2. The lowest BCUT2D eigenvalue weighted by Gasteiger charge is -2.39. The van der Waals surface area contributed by atoms with Crippen molar-refractivity contribution in [3.8, 4) is 23.0 Å². The molecule has 380 valence electrons. The molecule has 0 spiro atoms. The molecule has 0 aliphatic carbocycles. The maximum Gasteiger partial charge on any atom is 0.163 e. The highest BCUT2D eigenvalue weighted by Gasteiger charge is 2.26. The van der Waals surface area contributed by atoms with Crippen molar-refractivity contribution in [1.29, 1.82) is 0 Å². The van der Waals surface area contributed by atoms with Crippen molar-refractivity contribution in [2.45, 2.75) is 165 Å². The van der Waals surface area contributed by atoms with Crippen molar-refractivity contribution < 1.29 is 55.8 Å². The summed E-state index contributed by atoms with van der Waals surface area (Å²) >= 11 is 0. The Labute approximate surface area is 402 Å². The van der Waals surface area contributed by atoms with Gasteiger partial charge in [0.05, 0.1) is 73.0 Å². The van der Waals surface area contributed by atoms with Crippen molar-refractivity contribution >= 4 is 34.1 Å². The third-order valence-electron chi connectivity index (χ3n) is 11.6. The second kappa shape index (κ2) is 39.3. The van der Waals surface area contributed by atoms with Crippen LogP contribution in [0.25, 0.3) is 12.2 Å². The number of allylic oxidation sites excluding steroid dienone is 2. The van der Waals surface area contributed by atoms with Crippen LogP contribution >= 0.6 is 0 Å². The van der Waals surface area contributed by atoms with Crippen molar-refractivity contribution in [3.05, 3.63) is 59.7 Å². The summed E-state index contributed by atoms with van der Waals surface area (Å²) in [5.41, 5.74) is 1.33. The number of aromatic hydroxyl groups is 2. The Morgan fingerprint density at radius 3 is 0.924 bits per heavy atom. The van der Waals surface area contributed by atoms with Gasteiger partial charge in [-0.25, -0.2) is 0 Å². The SMILES string of the molecule is CCCC[N+](CCCC)(CCCC)CCCC.CCCC[N+](CCCC)(CCCC)CCCC.COc1cc(/C=C/C(=O)CC(=O)/C=C/c2ccc(O)c(OC)c2)ccc1O.O=S(=O)([O-])[O-]. The molecule has 13 heteroatoms. The van der Waals surface area contributed by atoms with E-state index >= 15 is 0 Å². The summed E-state index contributed by atoms with van der Waals surface area (Å²) in [5, 5.41) is 19.1. The lowest BCUT2D eigenvalue weighted by atomic mass is 10.1. The van der Waals surface area contributed by atoms with Gasteiger partial charge in [0.2, 0.25) is 0 Å². The van der Waals surface area contributed by atoms with Crippen LogP contribution in [0.15, 0.2) is 48.6 Å². The van der Waals surface area contributed by atoms with Crippen LogP contribution in [0.1, 0.15) is 176 Å². The molecule has 66 heavy (non-hydrogen) atoms. The predicted octanol–water partition coefficient (Wildman–Crippen LogP) is 12.0. The lowest BCUT2D eigenvalue weighted by Crippen LogP contribution is -2.50. The third kappa shape index (κ3) is 32.8. The fourth-order valence-electron chi connectivity index (χ4n) is 7.55. The highest BCUT2D eigenvalue weighted by atomic mass is 32.3. The van der Waals surface area contributed by atoms with Crippen LogP contribution in [0.5, 0.6) is 23.0 Å². The minimum absolute atomic E-state index is 0.00662. The van der Waals surface area contributed by atoms with Crippen LogP contribution in [0, 0.1) is 0 Å². The van der Waals surface area contributed by atoms with Crippen LogP contribution in [-0.2, 0) is 20.0 Å². The maximum absolute atomic E-state index is 11.9. The average Bonchev–Trinajstić information content (AvgIpc) is 3.30. The Balaban J connectivity index is 0. The summed E-state index contributed by atoms with van der Waals surface area (Å²) in [6.45, 7) is 30.0. The van der Waals surface area contributed by atoms with Gasteiger partial charge in [-0.3, -0.25) is 18.0 Å². The Bertz CT molecular complexity index is 1540. The van der Waals surface area contributed by atoms with Gasteiger partial charge < -0.3 is 37.8 Å². The number of carbonyl (C=O) groups is 2. The standard InChI is InChI=1S/C21H20O6.2C16H36N.H2O4S/c1-26-20-11-14(5-9-18(20)24)3-7-16(22)13-17(23)8-4-15-6-10-19(25)21(12-15)27-2;2*1-5-9-13-17(14-10-6-2,15-11-7-3)16-12-8-4;1-5(2,3)4/h3-12,24-25H,13H2,1-2H3;2*5-16H2,1-4H3;(H2,1,2,3,4)/q;2*+1;/p-2/b7-3+,8-4+;;;. The number of unbranched alkanes of at least 4 members (excludes halogenated alkanes) is 8. The molecule has 0 aliphatic rings. The minimum atomic E-state index is -5.17. The molecular weight excluding hydrogens is 857 g/mol. The first-order valence-corrected chi connectivity index (χ1v) is 26.3. The quantitative estimate of drug-likeness (QED) is 0.0236. The molecule has 0 saturated heterocycles. The lowest BCUT2D eigenvalue weighted by molar-refractivity contribution is -0.929. The number of ether oxygens (including phenoxy) is 2. The molecule has 0 atom stereocenters. The topological polar surface area (TPSA) is 173 Å². The fraction of sp³-hybridized carbons (Fsp3) is 0.660. The second-order valence-corrected chi connectivity index (χ2v) is 18.2. The number of ketones is 2. The molecule has 0 saturated carbocycles. The fourth-order valence-corrected chi connectivity index (χ4v) is 7.55. The number of benzene rings is 2. The van der Waals surface area contributed by atoms with E-state index in [2.05, 4.69) is 55.4 Å². The molecule has 0 bridgehead atoms. The molecule has 2 N–H and O–H groups in total. The molecule has 0 heterocycles. The van der Waals surface area contributed by atoms with Crippen LogP contribution in [0.2, 0.25) is 0 Å². The van der Waals surface area contributed by atoms with Gasteiger partial charge in [0.1, 0.15) is 0 Å². The molecule has 0 aliphatic heterocycles. The van der Waals surface area contributed by atoms with E-state index in [-0.39, 0.29) is 29.5 Å². The Kier molecular flexibility index (Phi) is 38.3. The van der Waals surface area contributed by atoms with E-state index in [1.807, 2.05) is 0 Å². The molecule has 0 unspecified atom stereocenters. The van der Waals surface area contributed by atoms with Crippen LogP contribution in [0.3, 0.4) is 0 Å². The van der Waals surface area contributed by atoms with Gasteiger partial charge in [0.15, 0.2) is 34.6 Å². The van der Waals surface area contributed by atoms with Crippen molar-refractivity contribution in [2.75, 3.05) is 66.6 Å². The van der Waals surface area contributed by atoms with E-state index in [4.69, 9.17) is 27.0 Å². The smallest absolute Gasteiger partial charge is 0.163 e. The normalized spacial score (nSPS) is 11.6. The Hall–Kier alpha value is -3.75. The Morgan fingerprint density at radius 1 is 0.500 bits per heavy atom. The summed E-state index contributed by atoms with van der Waals surface area (Å²) in [7, 11) is -2.30. The molecule has 2 aromatic rings. The summed E-state index contributed by atoms with van der Waals surface area (Å²) in [6.07, 6.45) is 27.6. The first kappa shape index (κ1) is 64.3. The molecule has 2 aromatic carbocycles. The number of nitrogens with zero attached hydrogens (tertiary/aromatic N) is 2. The highest BCUT2D eigenvalue weighted by Crippen LogP contribution is 2.28. The number of quaternary nitrogens is 2. The van der Waals surface area contributed by atoms with Crippen LogP contribution in [0.4, 0.5) is 0 Å². The summed E-state index contributed by atoms with van der Waals surface area (Å²) in [6, 6.07) is 9.34. The summed E-state index contributed by atoms with van der Waals surface area (Å²) in [4.78, 5) is 23.9. The Morgan fingerprint density at radius 2 is 0.727 bits per heavy atom. The van der Waals surface area contributed by atoms with Gasteiger partial charge in [0.25, 0.3) is 0 Å². The predicted molar refractivity (Wildman–Crippen MR) is 271 cm³/mol.